The SMILES string of the molecule is CCNc1nnc(COc2c(Br)cccc2Br)s1. The summed E-state index contributed by atoms with van der Waals surface area (Å²) in [5.74, 6) is 0.776. The summed E-state index contributed by atoms with van der Waals surface area (Å²) in [6.45, 7) is 3.27. The van der Waals surface area contributed by atoms with Crippen molar-refractivity contribution in [2.45, 2.75) is 13.5 Å². The third kappa shape index (κ3) is 3.43. The first-order valence-electron chi connectivity index (χ1n) is 5.33. The fourth-order valence-corrected chi connectivity index (χ4v) is 3.24. The summed E-state index contributed by atoms with van der Waals surface area (Å²) in [6, 6.07) is 5.81. The average Bonchev–Trinajstić information content (AvgIpc) is 2.77. The highest BCUT2D eigenvalue weighted by Crippen LogP contribution is 2.33. The molecule has 2 aromatic rings. The molecule has 1 N–H and O–H groups in total. The second-order valence-corrected chi connectivity index (χ2v) is 6.14. The van der Waals surface area contributed by atoms with Crippen molar-refractivity contribution in [1.29, 1.82) is 0 Å². The van der Waals surface area contributed by atoms with Gasteiger partial charge in [0.2, 0.25) is 5.13 Å². The molecule has 0 unspecified atom stereocenters. The van der Waals surface area contributed by atoms with E-state index >= 15 is 0 Å². The zero-order valence-corrected chi connectivity index (χ0v) is 13.6. The molecule has 0 fully saturated rings. The van der Waals surface area contributed by atoms with E-state index in [1.54, 1.807) is 0 Å². The molecule has 0 aliphatic heterocycles. The van der Waals surface area contributed by atoms with E-state index in [2.05, 4.69) is 47.4 Å². The molecule has 18 heavy (non-hydrogen) atoms. The Labute approximate surface area is 126 Å². The van der Waals surface area contributed by atoms with Gasteiger partial charge in [-0.15, -0.1) is 10.2 Å². The highest BCUT2D eigenvalue weighted by molar-refractivity contribution is 9.11. The van der Waals surface area contributed by atoms with Crippen molar-refractivity contribution in [1.82, 2.24) is 10.2 Å². The fraction of sp³-hybridized carbons (Fsp3) is 0.273. The molecule has 1 aromatic carbocycles. The summed E-state index contributed by atoms with van der Waals surface area (Å²) >= 11 is 8.40. The molecule has 2 rings (SSSR count). The Kier molecular flexibility index (Phi) is 4.96. The molecule has 0 saturated carbocycles. The maximum Gasteiger partial charge on any atom is 0.205 e. The number of anilines is 1. The summed E-state index contributed by atoms with van der Waals surface area (Å²) in [5.41, 5.74) is 0. The second kappa shape index (κ2) is 6.49. The number of aromatic nitrogens is 2. The fourth-order valence-electron chi connectivity index (χ4n) is 1.29. The molecule has 0 aliphatic rings. The molecule has 0 saturated heterocycles. The Morgan fingerprint density at radius 1 is 1.28 bits per heavy atom. The summed E-state index contributed by atoms with van der Waals surface area (Å²) in [7, 11) is 0. The van der Waals surface area contributed by atoms with Crippen molar-refractivity contribution in [3.05, 3.63) is 32.2 Å². The number of hydrogen-bond acceptors (Lipinski definition) is 5. The predicted octanol–water partition coefficient (Wildman–Crippen LogP) is 4.07. The Bertz CT molecular complexity index is 513. The number of ether oxygens (including phenoxy) is 1. The number of nitrogens with zero attached hydrogens (tertiary/aromatic N) is 2. The van der Waals surface area contributed by atoms with Crippen LogP contribution in [0.5, 0.6) is 5.75 Å². The van der Waals surface area contributed by atoms with Crippen molar-refractivity contribution in [3.8, 4) is 5.75 Å². The number of hydrogen-bond donors (Lipinski definition) is 1. The number of halogens is 2. The molecule has 0 spiro atoms. The van der Waals surface area contributed by atoms with Crippen LogP contribution >= 0.6 is 43.2 Å². The Morgan fingerprint density at radius 3 is 2.67 bits per heavy atom. The van der Waals surface area contributed by atoms with Crippen LogP contribution in [0.15, 0.2) is 27.1 Å². The molecule has 4 nitrogen and oxygen atoms in total. The Morgan fingerprint density at radius 2 is 2.00 bits per heavy atom. The van der Waals surface area contributed by atoms with E-state index in [4.69, 9.17) is 4.74 Å². The summed E-state index contributed by atoms with van der Waals surface area (Å²) in [4.78, 5) is 0. The third-order valence-electron chi connectivity index (χ3n) is 2.05. The van der Waals surface area contributed by atoms with Crippen LogP contribution in [0.1, 0.15) is 11.9 Å². The van der Waals surface area contributed by atoms with Gasteiger partial charge in [-0.3, -0.25) is 0 Å². The van der Waals surface area contributed by atoms with E-state index < -0.39 is 0 Å². The molecule has 96 valence electrons. The van der Waals surface area contributed by atoms with Crippen LogP contribution < -0.4 is 10.1 Å². The lowest BCUT2D eigenvalue weighted by molar-refractivity contribution is 0.300. The second-order valence-electron chi connectivity index (χ2n) is 3.37. The molecule has 1 aromatic heterocycles. The van der Waals surface area contributed by atoms with Gasteiger partial charge in [0.15, 0.2) is 5.01 Å². The minimum atomic E-state index is 0.407. The summed E-state index contributed by atoms with van der Waals surface area (Å²) < 4.78 is 7.55. The highest BCUT2D eigenvalue weighted by Gasteiger charge is 2.08. The molecule has 0 bridgehead atoms. The van der Waals surface area contributed by atoms with Crippen LogP contribution in [-0.2, 0) is 6.61 Å². The van der Waals surface area contributed by atoms with E-state index in [1.807, 2.05) is 25.1 Å². The van der Waals surface area contributed by atoms with Gasteiger partial charge < -0.3 is 10.1 Å². The number of nitrogens with one attached hydrogen (secondary N) is 1. The van der Waals surface area contributed by atoms with Gasteiger partial charge in [0.25, 0.3) is 0 Å². The predicted molar refractivity (Wildman–Crippen MR) is 80.2 cm³/mol. The molecular weight excluding hydrogens is 382 g/mol. The minimum absolute atomic E-state index is 0.407. The monoisotopic (exact) mass is 391 g/mol. The Balaban J connectivity index is 2.02. The van der Waals surface area contributed by atoms with Gasteiger partial charge in [-0.2, -0.15) is 0 Å². The lowest BCUT2D eigenvalue weighted by Gasteiger charge is -2.07. The average molecular weight is 393 g/mol. The van der Waals surface area contributed by atoms with E-state index in [1.165, 1.54) is 11.3 Å². The van der Waals surface area contributed by atoms with Crippen LogP contribution in [0.4, 0.5) is 5.13 Å². The maximum atomic E-state index is 5.73. The van der Waals surface area contributed by atoms with Crippen LogP contribution in [0.25, 0.3) is 0 Å². The van der Waals surface area contributed by atoms with Crippen molar-refractivity contribution < 1.29 is 4.74 Å². The standard InChI is InChI=1S/C11H11Br2N3OS/c1-2-14-11-16-15-9(18-11)6-17-10-7(12)4-3-5-8(10)13/h3-5H,2,6H2,1H3,(H,14,16). The third-order valence-corrected chi connectivity index (χ3v) is 4.16. The van der Waals surface area contributed by atoms with E-state index in [0.717, 1.165) is 31.4 Å². The van der Waals surface area contributed by atoms with Crippen LogP contribution in [0.2, 0.25) is 0 Å². The van der Waals surface area contributed by atoms with Gasteiger partial charge in [0.05, 0.1) is 8.95 Å². The van der Waals surface area contributed by atoms with Crippen molar-refractivity contribution >= 4 is 48.3 Å². The zero-order valence-electron chi connectivity index (χ0n) is 9.61. The van der Waals surface area contributed by atoms with Crippen LogP contribution in [-0.4, -0.2) is 16.7 Å². The van der Waals surface area contributed by atoms with E-state index in [0.29, 0.717) is 6.61 Å². The summed E-state index contributed by atoms with van der Waals surface area (Å²) in [5, 5.41) is 12.9. The molecule has 0 aliphatic carbocycles. The topological polar surface area (TPSA) is 47.0 Å². The minimum Gasteiger partial charge on any atom is -0.484 e. The van der Waals surface area contributed by atoms with Crippen molar-refractivity contribution in [2.75, 3.05) is 11.9 Å². The lowest BCUT2D eigenvalue weighted by atomic mass is 10.3. The van der Waals surface area contributed by atoms with Crippen LogP contribution in [0, 0.1) is 0 Å². The van der Waals surface area contributed by atoms with Gasteiger partial charge in [-0.25, -0.2) is 0 Å². The molecule has 0 radical (unpaired) electrons. The van der Waals surface area contributed by atoms with E-state index in [-0.39, 0.29) is 0 Å². The number of para-hydroxylation sites is 1. The van der Waals surface area contributed by atoms with Crippen molar-refractivity contribution in [3.63, 3.8) is 0 Å². The number of rotatable bonds is 5. The Hall–Kier alpha value is -0.660. The lowest BCUT2D eigenvalue weighted by Crippen LogP contribution is -1.96. The largest absolute Gasteiger partial charge is 0.484 e. The van der Waals surface area contributed by atoms with Gasteiger partial charge in [0.1, 0.15) is 12.4 Å². The molecule has 1 heterocycles. The molecule has 0 atom stereocenters. The first-order valence-corrected chi connectivity index (χ1v) is 7.74. The number of benzene rings is 1. The zero-order chi connectivity index (χ0) is 13.0. The van der Waals surface area contributed by atoms with Gasteiger partial charge in [0, 0.05) is 6.54 Å². The van der Waals surface area contributed by atoms with Crippen LogP contribution in [0.3, 0.4) is 0 Å². The molecule has 7 heteroatoms. The first-order chi connectivity index (χ1) is 8.70. The highest BCUT2D eigenvalue weighted by atomic mass is 79.9. The molecular formula is C11H11Br2N3OS. The quantitative estimate of drug-likeness (QED) is 0.832. The van der Waals surface area contributed by atoms with Gasteiger partial charge >= 0.3 is 0 Å². The van der Waals surface area contributed by atoms with E-state index in [9.17, 15) is 0 Å². The first kappa shape index (κ1) is 13.8. The van der Waals surface area contributed by atoms with Gasteiger partial charge in [-0.05, 0) is 50.9 Å². The summed E-state index contributed by atoms with van der Waals surface area (Å²) in [6.07, 6.45) is 0. The smallest absolute Gasteiger partial charge is 0.205 e. The normalized spacial score (nSPS) is 10.4. The van der Waals surface area contributed by atoms with Crippen molar-refractivity contribution in [2.24, 2.45) is 0 Å². The van der Waals surface area contributed by atoms with Gasteiger partial charge in [-0.1, -0.05) is 17.4 Å². The molecule has 0 amide bonds. The maximum absolute atomic E-state index is 5.73.